The molecule has 0 aromatic heterocycles. The highest BCUT2D eigenvalue weighted by Crippen LogP contribution is 1.75. The SMILES string of the molecule is NCCCNC(=O)/C=C\C(=O)O. The molecule has 0 bridgehead atoms. The van der Waals surface area contributed by atoms with Gasteiger partial charge in [0.05, 0.1) is 0 Å². The summed E-state index contributed by atoms with van der Waals surface area (Å²) in [7, 11) is 0. The highest BCUT2D eigenvalue weighted by Gasteiger charge is 1.94. The van der Waals surface area contributed by atoms with Crippen LogP contribution >= 0.6 is 0 Å². The average Bonchev–Trinajstić information content (AvgIpc) is 2.01. The van der Waals surface area contributed by atoms with Crippen LogP contribution in [0.15, 0.2) is 12.2 Å². The molecule has 0 aromatic carbocycles. The summed E-state index contributed by atoms with van der Waals surface area (Å²) in [5, 5.41) is 10.6. The topological polar surface area (TPSA) is 92.4 Å². The lowest BCUT2D eigenvalue weighted by Gasteiger charge is -1.97. The summed E-state index contributed by atoms with van der Waals surface area (Å²) >= 11 is 0. The van der Waals surface area contributed by atoms with E-state index in [1.807, 2.05) is 0 Å². The lowest BCUT2D eigenvalue weighted by Crippen LogP contribution is -2.24. The van der Waals surface area contributed by atoms with Gasteiger partial charge in [0.15, 0.2) is 0 Å². The van der Waals surface area contributed by atoms with Crippen LogP contribution in [0.5, 0.6) is 0 Å². The van der Waals surface area contributed by atoms with Gasteiger partial charge >= 0.3 is 5.97 Å². The molecule has 1 amide bonds. The molecule has 0 aliphatic rings. The zero-order chi connectivity index (χ0) is 9.40. The first kappa shape index (κ1) is 10.6. The molecule has 4 N–H and O–H groups in total. The minimum Gasteiger partial charge on any atom is -0.478 e. The van der Waals surface area contributed by atoms with Gasteiger partial charge in [0.1, 0.15) is 0 Å². The molecule has 0 aliphatic carbocycles. The van der Waals surface area contributed by atoms with Gasteiger partial charge in [-0.2, -0.15) is 0 Å². The maximum Gasteiger partial charge on any atom is 0.328 e. The molecule has 0 unspecified atom stereocenters. The van der Waals surface area contributed by atoms with Crippen LogP contribution in [0.2, 0.25) is 0 Å². The monoisotopic (exact) mass is 172 g/mol. The molecule has 5 heteroatoms. The standard InChI is InChI=1S/C7H12N2O3/c8-4-1-5-9-6(10)2-3-7(11)12/h2-3H,1,4-5,8H2,(H,9,10)(H,11,12)/b3-2-. The number of carboxylic acid groups (broad SMARTS) is 1. The fourth-order valence-electron chi connectivity index (χ4n) is 0.520. The minimum absolute atomic E-state index is 0.411. The number of aliphatic carboxylic acids is 1. The molecule has 0 aliphatic heterocycles. The molecule has 0 aromatic rings. The number of rotatable bonds is 5. The largest absolute Gasteiger partial charge is 0.478 e. The second-order valence-corrected chi connectivity index (χ2v) is 2.10. The second-order valence-electron chi connectivity index (χ2n) is 2.10. The lowest BCUT2D eigenvalue weighted by molar-refractivity contribution is -0.131. The molecular weight excluding hydrogens is 160 g/mol. The molecule has 0 rings (SSSR count). The van der Waals surface area contributed by atoms with Crippen LogP contribution in [0.3, 0.4) is 0 Å². The third-order valence-corrected chi connectivity index (χ3v) is 1.06. The van der Waals surface area contributed by atoms with E-state index >= 15 is 0 Å². The Hall–Kier alpha value is -1.36. The number of amides is 1. The molecule has 0 radical (unpaired) electrons. The first-order valence-electron chi connectivity index (χ1n) is 3.55. The van der Waals surface area contributed by atoms with Gasteiger partial charge in [0, 0.05) is 18.7 Å². The summed E-state index contributed by atoms with van der Waals surface area (Å²) in [5.41, 5.74) is 5.17. The van der Waals surface area contributed by atoms with Gasteiger partial charge in [-0.05, 0) is 13.0 Å². The van der Waals surface area contributed by atoms with E-state index in [-0.39, 0.29) is 0 Å². The molecule has 0 spiro atoms. The smallest absolute Gasteiger partial charge is 0.328 e. The quantitative estimate of drug-likeness (QED) is 0.370. The second kappa shape index (κ2) is 6.36. The molecule has 12 heavy (non-hydrogen) atoms. The zero-order valence-corrected chi connectivity index (χ0v) is 6.62. The Kier molecular flexibility index (Phi) is 5.64. The number of nitrogens with one attached hydrogen (secondary N) is 1. The predicted molar refractivity (Wildman–Crippen MR) is 43.5 cm³/mol. The highest BCUT2D eigenvalue weighted by molar-refractivity contribution is 5.93. The molecule has 0 saturated carbocycles. The summed E-state index contributed by atoms with van der Waals surface area (Å²) in [4.78, 5) is 20.7. The fourth-order valence-corrected chi connectivity index (χ4v) is 0.520. The van der Waals surface area contributed by atoms with Gasteiger partial charge < -0.3 is 16.2 Å². The number of nitrogens with two attached hydrogens (primary N) is 1. The number of hydrogen-bond acceptors (Lipinski definition) is 3. The van der Waals surface area contributed by atoms with E-state index in [0.29, 0.717) is 19.5 Å². The first-order chi connectivity index (χ1) is 5.66. The summed E-state index contributed by atoms with van der Waals surface area (Å²) in [6.07, 6.45) is 2.45. The van der Waals surface area contributed by atoms with Gasteiger partial charge in [-0.3, -0.25) is 4.79 Å². The Balaban J connectivity index is 3.53. The van der Waals surface area contributed by atoms with Gasteiger partial charge in [-0.15, -0.1) is 0 Å². The van der Waals surface area contributed by atoms with Gasteiger partial charge in [-0.1, -0.05) is 0 Å². The number of hydrogen-bond donors (Lipinski definition) is 3. The minimum atomic E-state index is -1.14. The van der Waals surface area contributed by atoms with Crippen molar-refractivity contribution in [2.75, 3.05) is 13.1 Å². The third kappa shape index (κ3) is 6.76. The zero-order valence-electron chi connectivity index (χ0n) is 6.62. The number of carbonyl (C=O) groups excluding carboxylic acids is 1. The Morgan fingerprint density at radius 3 is 2.58 bits per heavy atom. The van der Waals surface area contributed by atoms with Crippen molar-refractivity contribution in [3.8, 4) is 0 Å². The number of carboxylic acids is 1. The van der Waals surface area contributed by atoms with Gasteiger partial charge in [-0.25, -0.2) is 4.79 Å². The van der Waals surface area contributed by atoms with Crippen molar-refractivity contribution >= 4 is 11.9 Å². The van der Waals surface area contributed by atoms with Crippen molar-refractivity contribution in [3.63, 3.8) is 0 Å². The van der Waals surface area contributed by atoms with E-state index in [9.17, 15) is 9.59 Å². The van der Waals surface area contributed by atoms with Crippen molar-refractivity contribution < 1.29 is 14.7 Å². The maximum atomic E-state index is 10.7. The van der Waals surface area contributed by atoms with Gasteiger partial charge in [0.2, 0.25) is 5.91 Å². The van der Waals surface area contributed by atoms with Crippen LogP contribution in [0.4, 0.5) is 0 Å². The van der Waals surface area contributed by atoms with E-state index in [1.54, 1.807) is 0 Å². The summed E-state index contributed by atoms with van der Waals surface area (Å²) < 4.78 is 0. The van der Waals surface area contributed by atoms with E-state index in [2.05, 4.69) is 5.32 Å². The summed E-state index contributed by atoms with van der Waals surface area (Å²) in [6, 6.07) is 0. The molecule has 0 atom stereocenters. The fraction of sp³-hybridized carbons (Fsp3) is 0.429. The Bertz CT molecular complexity index is 189. The molecule has 0 saturated heterocycles. The van der Waals surface area contributed by atoms with Crippen molar-refractivity contribution in [2.45, 2.75) is 6.42 Å². The molecular formula is C7H12N2O3. The lowest BCUT2D eigenvalue weighted by atomic mass is 10.4. The average molecular weight is 172 g/mol. The molecule has 5 nitrogen and oxygen atoms in total. The Morgan fingerprint density at radius 2 is 2.08 bits per heavy atom. The van der Waals surface area contributed by atoms with Crippen LogP contribution in [0.1, 0.15) is 6.42 Å². The van der Waals surface area contributed by atoms with E-state index < -0.39 is 11.9 Å². The molecule has 0 heterocycles. The van der Waals surface area contributed by atoms with Crippen LogP contribution < -0.4 is 11.1 Å². The van der Waals surface area contributed by atoms with Crippen LogP contribution in [0.25, 0.3) is 0 Å². The Morgan fingerprint density at radius 1 is 1.42 bits per heavy atom. The van der Waals surface area contributed by atoms with Gasteiger partial charge in [0.25, 0.3) is 0 Å². The van der Waals surface area contributed by atoms with E-state index in [4.69, 9.17) is 10.8 Å². The van der Waals surface area contributed by atoms with Crippen molar-refractivity contribution in [2.24, 2.45) is 5.73 Å². The highest BCUT2D eigenvalue weighted by atomic mass is 16.4. The predicted octanol–water partition coefficient (Wildman–Crippen LogP) is -0.908. The first-order valence-corrected chi connectivity index (χ1v) is 3.55. The van der Waals surface area contributed by atoms with Crippen molar-refractivity contribution in [1.82, 2.24) is 5.32 Å². The van der Waals surface area contributed by atoms with E-state index in [0.717, 1.165) is 12.2 Å². The third-order valence-electron chi connectivity index (χ3n) is 1.06. The van der Waals surface area contributed by atoms with Crippen LogP contribution in [0, 0.1) is 0 Å². The summed E-state index contributed by atoms with van der Waals surface area (Å²) in [6.45, 7) is 0.974. The van der Waals surface area contributed by atoms with Crippen molar-refractivity contribution in [3.05, 3.63) is 12.2 Å². The Labute approximate surface area is 70.2 Å². The molecule has 68 valence electrons. The van der Waals surface area contributed by atoms with E-state index in [1.165, 1.54) is 0 Å². The number of carbonyl (C=O) groups is 2. The van der Waals surface area contributed by atoms with Crippen molar-refractivity contribution in [1.29, 1.82) is 0 Å². The maximum absolute atomic E-state index is 10.7. The summed E-state index contributed by atoms with van der Waals surface area (Å²) in [5.74, 6) is -1.55. The van der Waals surface area contributed by atoms with Crippen LogP contribution in [-0.4, -0.2) is 30.1 Å². The molecule has 0 fully saturated rings. The van der Waals surface area contributed by atoms with Crippen LogP contribution in [-0.2, 0) is 9.59 Å². The normalized spacial score (nSPS) is 10.1.